The van der Waals surface area contributed by atoms with Crippen molar-refractivity contribution >= 4 is 5.91 Å². The van der Waals surface area contributed by atoms with Crippen molar-refractivity contribution in [3.63, 3.8) is 0 Å². The van der Waals surface area contributed by atoms with Crippen LogP contribution in [0.1, 0.15) is 24.5 Å². The van der Waals surface area contributed by atoms with E-state index < -0.39 is 0 Å². The molecule has 0 unspecified atom stereocenters. The molecule has 0 bridgehead atoms. The second kappa shape index (κ2) is 6.01. The van der Waals surface area contributed by atoms with E-state index in [9.17, 15) is 4.79 Å². The predicted molar refractivity (Wildman–Crippen MR) is 73.5 cm³/mol. The first-order valence-corrected chi connectivity index (χ1v) is 6.71. The van der Waals surface area contributed by atoms with Crippen LogP contribution in [0.25, 0.3) is 0 Å². The Bertz CT molecular complexity index is 417. The molecular formula is C15H22N2O. The van der Waals surface area contributed by atoms with Gasteiger partial charge in [0.2, 0.25) is 5.91 Å². The highest BCUT2D eigenvalue weighted by molar-refractivity contribution is 5.79. The van der Waals surface area contributed by atoms with Crippen molar-refractivity contribution in [2.24, 2.45) is 5.92 Å². The Labute approximate surface area is 109 Å². The smallest absolute Gasteiger partial charge is 0.224 e. The molecular weight excluding hydrogens is 224 g/mol. The first-order valence-electron chi connectivity index (χ1n) is 6.71. The van der Waals surface area contributed by atoms with Crippen LogP contribution < -0.4 is 10.6 Å². The number of carbonyl (C=O) groups excluding carboxylic acids is 1. The molecule has 1 amide bonds. The maximum absolute atomic E-state index is 12.0. The lowest BCUT2D eigenvalue weighted by atomic mass is 9.94. The molecule has 0 saturated carbocycles. The van der Waals surface area contributed by atoms with Gasteiger partial charge in [0.15, 0.2) is 0 Å². The molecule has 0 radical (unpaired) electrons. The van der Waals surface area contributed by atoms with Crippen LogP contribution in [0.15, 0.2) is 24.3 Å². The molecule has 2 N–H and O–H groups in total. The predicted octanol–water partition coefficient (Wildman–Crippen LogP) is 1.65. The number of piperidine rings is 1. The van der Waals surface area contributed by atoms with Crippen molar-refractivity contribution < 1.29 is 4.79 Å². The molecule has 1 aromatic carbocycles. The van der Waals surface area contributed by atoms with Gasteiger partial charge in [-0.05, 0) is 36.9 Å². The maximum atomic E-state index is 12.0. The summed E-state index contributed by atoms with van der Waals surface area (Å²) in [6, 6.07) is 8.34. The Hall–Kier alpha value is -1.35. The molecule has 0 spiro atoms. The Morgan fingerprint density at radius 3 is 2.94 bits per heavy atom. The molecule has 18 heavy (non-hydrogen) atoms. The van der Waals surface area contributed by atoms with Gasteiger partial charge in [0.1, 0.15) is 0 Å². The fraction of sp³-hybridized carbons (Fsp3) is 0.533. The second-order valence-electron chi connectivity index (χ2n) is 5.25. The highest BCUT2D eigenvalue weighted by Gasteiger charge is 2.22. The average Bonchev–Trinajstić information content (AvgIpc) is 2.35. The average molecular weight is 246 g/mol. The van der Waals surface area contributed by atoms with Crippen LogP contribution in [0.4, 0.5) is 0 Å². The van der Waals surface area contributed by atoms with Crippen molar-refractivity contribution in [2.75, 3.05) is 13.1 Å². The van der Waals surface area contributed by atoms with E-state index in [1.54, 1.807) is 0 Å². The largest absolute Gasteiger partial charge is 0.352 e. The number of aryl methyl sites for hydroxylation is 1. The number of carbonyl (C=O) groups is 1. The first kappa shape index (κ1) is 13.1. The number of benzene rings is 1. The fourth-order valence-electron chi connectivity index (χ4n) is 2.42. The lowest BCUT2D eigenvalue weighted by molar-refractivity contribution is -0.121. The van der Waals surface area contributed by atoms with Gasteiger partial charge in [-0.1, -0.05) is 31.2 Å². The molecule has 0 aliphatic carbocycles. The first-order chi connectivity index (χ1) is 8.66. The standard InChI is InChI=1S/C15H22N2O/c1-11-5-3-4-6-13(11)9-15(18)17-14-10-16-8-7-12(14)2/h3-6,12,14,16H,7-10H2,1-2H3,(H,17,18)/t12-,14-/m0/s1. The summed E-state index contributed by atoms with van der Waals surface area (Å²) in [5.74, 6) is 0.692. The van der Waals surface area contributed by atoms with Crippen LogP contribution >= 0.6 is 0 Å². The molecule has 3 nitrogen and oxygen atoms in total. The Morgan fingerprint density at radius 1 is 1.44 bits per heavy atom. The monoisotopic (exact) mass is 246 g/mol. The van der Waals surface area contributed by atoms with Gasteiger partial charge in [0, 0.05) is 12.6 Å². The number of hydrogen-bond acceptors (Lipinski definition) is 2. The number of nitrogens with one attached hydrogen (secondary N) is 2. The summed E-state index contributed by atoms with van der Waals surface area (Å²) in [6.45, 7) is 6.21. The molecule has 3 heteroatoms. The molecule has 2 atom stereocenters. The highest BCUT2D eigenvalue weighted by Crippen LogP contribution is 2.12. The Balaban J connectivity index is 1.90. The van der Waals surface area contributed by atoms with Gasteiger partial charge < -0.3 is 10.6 Å². The van der Waals surface area contributed by atoms with Gasteiger partial charge >= 0.3 is 0 Å². The van der Waals surface area contributed by atoms with Crippen LogP contribution in [-0.4, -0.2) is 25.0 Å². The van der Waals surface area contributed by atoms with Crippen LogP contribution in [0, 0.1) is 12.8 Å². The molecule has 1 heterocycles. The van der Waals surface area contributed by atoms with E-state index in [0.29, 0.717) is 12.3 Å². The van der Waals surface area contributed by atoms with Gasteiger partial charge in [-0.3, -0.25) is 4.79 Å². The third-order valence-corrected chi connectivity index (χ3v) is 3.79. The zero-order valence-corrected chi connectivity index (χ0v) is 11.2. The van der Waals surface area contributed by atoms with Crippen molar-refractivity contribution in [2.45, 2.75) is 32.7 Å². The summed E-state index contributed by atoms with van der Waals surface area (Å²) in [7, 11) is 0. The molecule has 1 aliphatic rings. The molecule has 1 saturated heterocycles. The zero-order valence-electron chi connectivity index (χ0n) is 11.2. The summed E-state index contributed by atoms with van der Waals surface area (Å²) in [6.07, 6.45) is 1.62. The van der Waals surface area contributed by atoms with Gasteiger partial charge in [-0.25, -0.2) is 0 Å². The van der Waals surface area contributed by atoms with Crippen molar-refractivity contribution in [1.29, 1.82) is 0 Å². The summed E-state index contributed by atoms with van der Waals surface area (Å²) in [4.78, 5) is 12.0. The highest BCUT2D eigenvalue weighted by atomic mass is 16.1. The van der Waals surface area contributed by atoms with Crippen LogP contribution in [-0.2, 0) is 11.2 Å². The minimum atomic E-state index is 0.129. The normalized spacial score (nSPS) is 23.7. The number of rotatable bonds is 3. The van der Waals surface area contributed by atoms with Gasteiger partial charge in [-0.15, -0.1) is 0 Å². The van der Waals surface area contributed by atoms with Crippen LogP contribution in [0.3, 0.4) is 0 Å². The topological polar surface area (TPSA) is 41.1 Å². The molecule has 1 fully saturated rings. The fourth-order valence-corrected chi connectivity index (χ4v) is 2.42. The van der Waals surface area contributed by atoms with E-state index in [4.69, 9.17) is 0 Å². The van der Waals surface area contributed by atoms with Gasteiger partial charge in [0.05, 0.1) is 6.42 Å². The van der Waals surface area contributed by atoms with E-state index >= 15 is 0 Å². The second-order valence-corrected chi connectivity index (χ2v) is 5.25. The van der Waals surface area contributed by atoms with E-state index in [-0.39, 0.29) is 11.9 Å². The molecule has 1 aromatic rings. The van der Waals surface area contributed by atoms with Gasteiger partial charge in [0.25, 0.3) is 0 Å². The minimum Gasteiger partial charge on any atom is -0.352 e. The molecule has 0 aromatic heterocycles. The third-order valence-electron chi connectivity index (χ3n) is 3.79. The molecule has 2 rings (SSSR count). The van der Waals surface area contributed by atoms with Crippen molar-refractivity contribution in [3.05, 3.63) is 35.4 Å². The number of hydrogen-bond donors (Lipinski definition) is 2. The summed E-state index contributed by atoms with van der Waals surface area (Å²) >= 11 is 0. The summed E-state index contributed by atoms with van der Waals surface area (Å²) in [5, 5.41) is 6.47. The van der Waals surface area contributed by atoms with Crippen LogP contribution in [0.5, 0.6) is 0 Å². The van der Waals surface area contributed by atoms with E-state index in [0.717, 1.165) is 25.1 Å². The molecule has 1 aliphatic heterocycles. The van der Waals surface area contributed by atoms with E-state index in [1.165, 1.54) is 5.56 Å². The van der Waals surface area contributed by atoms with Crippen molar-refractivity contribution in [1.82, 2.24) is 10.6 Å². The molecule has 98 valence electrons. The third kappa shape index (κ3) is 3.33. The lowest BCUT2D eigenvalue weighted by Gasteiger charge is -2.30. The summed E-state index contributed by atoms with van der Waals surface area (Å²) < 4.78 is 0. The Kier molecular flexibility index (Phi) is 4.37. The van der Waals surface area contributed by atoms with Gasteiger partial charge in [-0.2, -0.15) is 0 Å². The maximum Gasteiger partial charge on any atom is 0.224 e. The lowest BCUT2D eigenvalue weighted by Crippen LogP contribution is -2.50. The SMILES string of the molecule is Cc1ccccc1CC(=O)N[C@H]1CNCC[C@@H]1C. The summed E-state index contributed by atoms with van der Waals surface area (Å²) in [5.41, 5.74) is 2.30. The Morgan fingerprint density at radius 2 is 2.22 bits per heavy atom. The zero-order chi connectivity index (χ0) is 13.0. The number of amides is 1. The quantitative estimate of drug-likeness (QED) is 0.851. The van der Waals surface area contributed by atoms with E-state index in [1.807, 2.05) is 31.2 Å². The van der Waals surface area contributed by atoms with Crippen molar-refractivity contribution in [3.8, 4) is 0 Å². The minimum absolute atomic E-state index is 0.129. The van der Waals surface area contributed by atoms with Crippen LogP contribution in [0.2, 0.25) is 0 Å². The van der Waals surface area contributed by atoms with E-state index in [2.05, 4.69) is 17.6 Å².